The fraction of sp³-hybridized carbons (Fsp3) is 0.409. The Hall–Kier alpha value is -1.53. The van der Waals surface area contributed by atoms with Gasteiger partial charge in [-0.2, -0.15) is 0 Å². The van der Waals surface area contributed by atoms with Crippen molar-refractivity contribution in [2.45, 2.75) is 19.9 Å². The lowest BCUT2D eigenvalue weighted by molar-refractivity contribution is 0.136. The molecular formula is C22H30ClN3OS. The number of hydrogen-bond acceptors (Lipinski definition) is 4. The fourth-order valence-electron chi connectivity index (χ4n) is 3.17. The number of aliphatic hydroxyl groups excluding tert-OH is 1. The highest BCUT2D eigenvalue weighted by molar-refractivity contribution is 8.13. The molecule has 1 saturated heterocycles. The van der Waals surface area contributed by atoms with E-state index in [0.29, 0.717) is 6.04 Å². The first kappa shape index (κ1) is 22.8. The molecule has 28 heavy (non-hydrogen) atoms. The molecule has 0 amide bonds. The smallest absolute Gasteiger partial charge is 0.164 e. The highest BCUT2D eigenvalue weighted by Crippen LogP contribution is 2.22. The van der Waals surface area contributed by atoms with Gasteiger partial charge in [-0.25, -0.2) is 4.99 Å². The summed E-state index contributed by atoms with van der Waals surface area (Å²) in [7, 11) is 0. The van der Waals surface area contributed by atoms with Gasteiger partial charge >= 0.3 is 0 Å². The van der Waals surface area contributed by atoms with Crippen molar-refractivity contribution in [1.29, 1.82) is 0 Å². The number of aliphatic imine (C=N–C) groups is 1. The number of rotatable bonds is 6. The van der Waals surface area contributed by atoms with Crippen LogP contribution in [0.25, 0.3) is 0 Å². The van der Waals surface area contributed by atoms with Gasteiger partial charge in [0.05, 0.1) is 12.3 Å². The Morgan fingerprint density at radius 1 is 1.36 bits per heavy atom. The van der Waals surface area contributed by atoms with E-state index in [1.54, 1.807) is 11.8 Å². The van der Waals surface area contributed by atoms with Gasteiger partial charge in [-0.05, 0) is 49.9 Å². The van der Waals surface area contributed by atoms with Crippen LogP contribution in [0, 0.1) is 0 Å². The molecule has 1 aromatic carbocycles. The number of halogens is 1. The Morgan fingerprint density at radius 2 is 2.07 bits per heavy atom. The zero-order chi connectivity index (χ0) is 20.5. The van der Waals surface area contributed by atoms with Gasteiger partial charge in [-0.1, -0.05) is 53.7 Å². The molecule has 152 valence electrons. The standard InChI is InChI=1S/C22H30ClN3OS/c1-5-19(14-17(2)10-13-27)16-25-11-12-26(15-18(25)3)22(28-4)24-21-8-6-20(23)7-9-21/h5-10,14,18,27H,1,11-13,15-16H2,2-4H3/b17-10-,19-14+,24-22?/t18-/m0/s1. The number of benzene rings is 1. The summed E-state index contributed by atoms with van der Waals surface area (Å²) in [5.74, 6) is 0. The van der Waals surface area contributed by atoms with Crippen molar-refractivity contribution >= 4 is 34.2 Å². The van der Waals surface area contributed by atoms with E-state index in [0.717, 1.165) is 47.6 Å². The average molecular weight is 420 g/mol. The molecule has 0 aromatic heterocycles. The number of piperazine rings is 1. The molecule has 0 spiro atoms. The van der Waals surface area contributed by atoms with E-state index in [4.69, 9.17) is 21.7 Å². The summed E-state index contributed by atoms with van der Waals surface area (Å²) in [4.78, 5) is 9.63. The van der Waals surface area contributed by atoms with E-state index < -0.39 is 0 Å². The number of aliphatic hydroxyl groups is 1. The van der Waals surface area contributed by atoms with E-state index in [1.165, 1.54) is 5.57 Å². The molecule has 1 aliphatic heterocycles. The number of nitrogens with zero attached hydrogens (tertiary/aromatic N) is 3. The predicted molar refractivity (Wildman–Crippen MR) is 124 cm³/mol. The highest BCUT2D eigenvalue weighted by Gasteiger charge is 2.25. The zero-order valence-electron chi connectivity index (χ0n) is 16.9. The third-order valence-corrected chi connectivity index (χ3v) is 5.71. The van der Waals surface area contributed by atoms with Crippen LogP contribution in [0.4, 0.5) is 5.69 Å². The maximum Gasteiger partial charge on any atom is 0.164 e. The second-order valence-electron chi connectivity index (χ2n) is 6.89. The number of hydrogen-bond donors (Lipinski definition) is 1. The Balaban J connectivity index is 2.04. The molecule has 1 N–H and O–H groups in total. The Bertz CT molecular complexity index is 743. The summed E-state index contributed by atoms with van der Waals surface area (Å²) in [6.45, 7) is 12.0. The molecule has 2 rings (SSSR count). The second-order valence-corrected chi connectivity index (χ2v) is 8.10. The highest BCUT2D eigenvalue weighted by atomic mass is 35.5. The molecule has 0 unspecified atom stereocenters. The van der Waals surface area contributed by atoms with Gasteiger partial charge in [0, 0.05) is 37.2 Å². The minimum absolute atomic E-state index is 0.0618. The number of allylic oxidation sites excluding steroid dienone is 2. The van der Waals surface area contributed by atoms with Crippen LogP contribution in [0.1, 0.15) is 13.8 Å². The van der Waals surface area contributed by atoms with E-state index in [9.17, 15) is 0 Å². The van der Waals surface area contributed by atoms with Crippen molar-refractivity contribution in [3.8, 4) is 0 Å². The Kier molecular flexibility index (Phi) is 9.32. The zero-order valence-corrected chi connectivity index (χ0v) is 18.5. The fourth-order valence-corrected chi connectivity index (χ4v) is 3.92. The summed E-state index contributed by atoms with van der Waals surface area (Å²) in [6.07, 6.45) is 7.88. The summed E-state index contributed by atoms with van der Waals surface area (Å²) in [5.41, 5.74) is 3.15. The largest absolute Gasteiger partial charge is 0.392 e. The minimum atomic E-state index is 0.0618. The van der Waals surface area contributed by atoms with Crippen LogP contribution in [0.2, 0.25) is 5.02 Å². The number of amidine groups is 1. The van der Waals surface area contributed by atoms with E-state index >= 15 is 0 Å². The maximum atomic E-state index is 9.04. The van der Waals surface area contributed by atoms with Crippen LogP contribution >= 0.6 is 23.4 Å². The number of thioether (sulfide) groups is 1. The van der Waals surface area contributed by atoms with Crippen LogP contribution < -0.4 is 0 Å². The molecule has 6 heteroatoms. The molecule has 1 heterocycles. The Morgan fingerprint density at radius 3 is 2.64 bits per heavy atom. The van der Waals surface area contributed by atoms with Crippen LogP contribution in [-0.2, 0) is 0 Å². The van der Waals surface area contributed by atoms with Crippen LogP contribution in [0.5, 0.6) is 0 Å². The van der Waals surface area contributed by atoms with Gasteiger partial charge < -0.3 is 10.0 Å². The maximum absolute atomic E-state index is 9.04. The molecule has 0 radical (unpaired) electrons. The molecule has 1 fully saturated rings. The van der Waals surface area contributed by atoms with E-state index in [1.807, 2.05) is 43.3 Å². The van der Waals surface area contributed by atoms with Crippen molar-refractivity contribution in [2.75, 3.05) is 39.0 Å². The molecule has 1 aliphatic rings. The SMILES string of the molecule is C=C/C(=C\C(C)=C/CO)CN1CCN(C(=Nc2ccc(Cl)cc2)SC)C[C@@H]1C. The van der Waals surface area contributed by atoms with Crippen LogP contribution in [0.3, 0.4) is 0 Å². The minimum Gasteiger partial charge on any atom is -0.392 e. The van der Waals surface area contributed by atoms with Crippen LogP contribution in [0.15, 0.2) is 65.2 Å². The molecule has 4 nitrogen and oxygen atoms in total. The van der Waals surface area contributed by atoms with Crippen molar-refractivity contribution < 1.29 is 5.11 Å². The monoisotopic (exact) mass is 419 g/mol. The lowest BCUT2D eigenvalue weighted by Crippen LogP contribution is -2.53. The van der Waals surface area contributed by atoms with Crippen LogP contribution in [-0.4, -0.2) is 65.2 Å². The molecule has 0 saturated carbocycles. The predicted octanol–water partition coefficient (Wildman–Crippen LogP) is 4.75. The molecule has 1 aromatic rings. The topological polar surface area (TPSA) is 39.1 Å². The summed E-state index contributed by atoms with van der Waals surface area (Å²) in [6, 6.07) is 8.04. The van der Waals surface area contributed by atoms with Crippen molar-refractivity contribution in [3.63, 3.8) is 0 Å². The first-order chi connectivity index (χ1) is 13.5. The normalized spacial score (nSPS) is 19.8. The molecule has 0 bridgehead atoms. The van der Waals surface area contributed by atoms with Crippen molar-refractivity contribution in [3.05, 3.63) is 65.2 Å². The van der Waals surface area contributed by atoms with E-state index in [-0.39, 0.29) is 6.61 Å². The quantitative estimate of drug-likeness (QED) is 0.410. The Labute approximate surface area is 178 Å². The first-order valence-corrected chi connectivity index (χ1v) is 11.0. The third kappa shape index (κ3) is 6.82. The molecule has 1 atom stereocenters. The lowest BCUT2D eigenvalue weighted by atomic mass is 10.1. The second kappa shape index (κ2) is 11.5. The van der Waals surface area contributed by atoms with Gasteiger partial charge in [0.25, 0.3) is 0 Å². The van der Waals surface area contributed by atoms with Gasteiger partial charge in [0.15, 0.2) is 5.17 Å². The van der Waals surface area contributed by atoms with Gasteiger partial charge in [-0.15, -0.1) is 0 Å². The average Bonchev–Trinajstić information content (AvgIpc) is 2.68. The first-order valence-electron chi connectivity index (χ1n) is 9.44. The van der Waals surface area contributed by atoms with Gasteiger partial charge in [-0.3, -0.25) is 4.90 Å². The summed E-state index contributed by atoms with van der Waals surface area (Å²) < 4.78 is 0. The third-order valence-electron chi connectivity index (χ3n) is 4.74. The summed E-state index contributed by atoms with van der Waals surface area (Å²) in [5, 5.41) is 10.8. The van der Waals surface area contributed by atoms with Gasteiger partial charge in [0.2, 0.25) is 0 Å². The van der Waals surface area contributed by atoms with Gasteiger partial charge in [0.1, 0.15) is 0 Å². The van der Waals surface area contributed by atoms with Crippen molar-refractivity contribution in [1.82, 2.24) is 9.80 Å². The molecule has 0 aliphatic carbocycles. The lowest BCUT2D eigenvalue weighted by Gasteiger charge is -2.41. The van der Waals surface area contributed by atoms with E-state index in [2.05, 4.69) is 35.6 Å². The van der Waals surface area contributed by atoms with Crippen molar-refractivity contribution in [2.24, 2.45) is 4.99 Å². The summed E-state index contributed by atoms with van der Waals surface area (Å²) >= 11 is 7.65. The molecular weight excluding hydrogens is 390 g/mol.